The van der Waals surface area contributed by atoms with Gasteiger partial charge in [0, 0.05) is 6.20 Å². The Hall–Kier alpha value is -1.32. The second kappa shape index (κ2) is 1.65. The number of carbonyl (C=O) groups excluding carboxylic acids is 1. The molecule has 0 bridgehead atoms. The van der Waals surface area contributed by atoms with Gasteiger partial charge in [0.15, 0.2) is 0 Å². The lowest BCUT2D eigenvalue weighted by Crippen LogP contribution is -2.10. The third-order valence-corrected chi connectivity index (χ3v) is 0.753. The van der Waals surface area contributed by atoms with Gasteiger partial charge >= 0.3 is 0 Å². The normalized spacial score (nSPS) is 9.00. The summed E-state index contributed by atoms with van der Waals surface area (Å²) in [5.74, 6) is -0.508. The zero-order valence-electron chi connectivity index (χ0n) is 4.09. The SMILES string of the molecule is NC(=O)c1cc[nH]n1. The van der Waals surface area contributed by atoms with Crippen LogP contribution in [0.5, 0.6) is 0 Å². The minimum Gasteiger partial charge on any atom is -0.364 e. The van der Waals surface area contributed by atoms with Crippen LogP contribution in [0.25, 0.3) is 0 Å². The summed E-state index contributed by atoms with van der Waals surface area (Å²) in [5, 5.41) is 5.98. The molecule has 0 radical (unpaired) electrons. The summed E-state index contributed by atoms with van der Waals surface area (Å²) in [4.78, 5) is 10.2. The van der Waals surface area contributed by atoms with E-state index in [2.05, 4.69) is 10.2 Å². The smallest absolute Gasteiger partial charge is 0.269 e. The van der Waals surface area contributed by atoms with Gasteiger partial charge in [-0.05, 0) is 6.07 Å². The third kappa shape index (κ3) is 0.676. The first-order chi connectivity index (χ1) is 3.80. The van der Waals surface area contributed by atoms with Crippen LogP contribution in [-0.4, -0.2) is 16.1 Å². The molecule has 0 saturated heterocycles. The second-order valence-corrected chi connectivity index (χ2v) is 1.32. The van der Waals surface area contributed by atoms with E-state index in [1.54, 1.807) is 6.20 Å². The van der Waals surface area contributed by atoms with Gasteiger partial charge in [-0.25, -0.2) is 0 Å². The van der Waals surface area contributed by atoms with Crippen molar-refractivity contribution >= 4 is 5.91 Å². The highest BCUT2D eigenvalue weighted by Gasteiger charge is 1.97. The molecule has 4 heteroatoms. The highest BCUT2D eigenvalue weighted by molar-refractivity contribution is 5.90. The van der Waals surface area contributed by atoms with Crippen molar-refractivity contribution in [2.75, 3.05) is 0 Å². The molecule has 0 spiro atoms. The molecule has 1 aromatic rings. The molecular formula is C4H5N3O. The van der Waals surface area contributed by atoms with Crippen LogP contribution in [0.4, 0.5) is 0 Å². The third-order valence-electron chi connectivity index (χ3n) is 0.753. The highest BCUT2D eigenvalue weighted by atomic mass is 16.1. The Labute approximate surface area is 45.7 Å². The summed E-state index contributed by atoms with van der Waals surface area (Å²) in [5.41, 5.74) is 5.11. The second-order valence-electron chi connectivity index (χ2n) is 1.32. The average Bonchev–Trinajstić information content (AvgIpc) is 2.12. The number of hydrogen-bond acceptors (Lipinski definition) is 2. The lowest BCUT2D eigenvalue weighted by atomic mass is 10.4. The van der Waals surface area contributed by atoms with E-state index in [-0.39, 0.29) is 5.69 Å². The average molecular weight is 111 g/mol. The van der Waals surface area contributed by atoms with Crippen molar-refractivity contribution in [3.63, 3.8) is 0 Å². The molecule has 3 N–H and O–H groups in total. The van der Waals surface area contributed by atoms with Crippen molar-refractivity contribution < 1.29 is 4.79 Å². The number of carbonyl (C=O) groups is 1. The van der Waals surface area contributed by atoms with Gasteiger partial charge in [-0.1, -0.05) is 0 Å². The summed E-state index contributed by atoms with van der Waals surface area (Å²) in [6.45, 7) is 0. The molecule has 1 amide bonds. The van der Waals surface area contributed by atoms with Gasteiger partial charge in [-0.2, -0.15) is 5.10 Å². The molecule has 1 heterocycles. The van der Waals surface area contributed by atoms with Gasteiger partial charge in [0.25, 0.3) is 5.91 Å². The summed E-state index contributed by atoms with van der Waals surface area (Å²) in [6, 6.07) is 1.52. The number of primary amides is 1. The van der Waals surface area contributed by atoms with Crippen molar-refractivity contribution in [1.29, 1.82) is 0 Å². The molecule has 0 atom stereocenters. The summed E-state index contributed by atoms with van der Waals surface area (Å²) in [6.07, 6.45) is 1.54. The van der Waals surface area contributed by atoms with E-state index in [1.807, 2.05) is 0 Å². The lowest BCUT2D eigenvalue weighted by molar-refractivity contribution is 0.0995. The Balaban J connectivity index is 2.93. The first kappa shape index (κ1) is 4.83. The maximum Gasteiger partial charge on any atom is 0.269 e. The first-order valence-electron chi connectivity index (χ1n) is 2.10. The standard InChI is InChI=1S/C4H5N3O/c5-4(8)3-1-2-6-7-3/h1-2H,(H2,5,8)(H,6,7). The van der Waals surface area contributed by atoms with E-state index in [9.17, 15) is 4.79 Å². The van der Waals surface area contributed by atoms with E-state index >= 15 is 0 Å². The Bertz CT molecular complexity index is 179. The van der Waals surface area contributed by atoms with Crippen LogP contribution >= 0.6 is 0 Å². The largest absolute Gasteiger partial charge is 0.364 e. The van der Waals surface area contributed by atoms with E-state index in [4.69, 9.17) is 5.73 Å². The Morgan fingerprint density at radius 1 is 1.88 bits per heavy atom. The molecule has 0 fully saturated rings. The Kier molecular flexibility index (Phi) is 0.997. The van der Waals surface area contributed by atoms with Crippen LogP contribution in [-0.2, 0) is 0 Å². The van der Waals surface area contributed by atoms with Gasteiger partial charge in [-0.3, -0.25) is 9.89 Å². The Morgan fingerprint density at radius 3 is 2.88 bits per heavy atom. The quantitative estimate of drug-likeness (QED) is 0.513. The number of aromatic nitrogens is 2. The summed E-state index contributed by atoms with van der Waals surface area (Å²) >= 11 is 0. The molecule has 0 saturated carbocycles. The van der Waals surface area contributed by atoms with E-state index < -0.39 is 5.91 Å². The van der Waals surface area contributed by atoms with Crippen molar-refractivity contribution in [3.05, 3.63) is 18.0 Å². The van der Waals surface area contributed by atoms with Crippen molar-refractivity contribution in [3.8, 4) is 0 Å². The highest BCUT2D eigenvalue weighted by Crippen LogP contribution is 1.85. The molecule has 0 aromatic carbocycles. The van der Waals surface area contributed by atoms with Gasteiger partial charge in [0.1, 0.15) is 5.69 Å². The number of nitrogens with one attached hydrogen (secondary N) is 1. The van der Waals surface area contributed by atoms with Crippen molar-refractivity contribution in [2.24, 2.45) is 5.73 Å². The first-order valence-corrected chi connectivity index (χ1v) is 2.10. The molecule has 1 aromatic heterocycles. The zero-order chi connectivity index (χ0) is 5.98. The predicted octanol–water partition coefficient (Wildman–Crippen LogP) is -0.491. The van der Waals surface area contributed by atoms with Gasteiger partial charge in [0.2, 0.25) is 0 Å². The molecule has 42 valence electrons. The van der Waals surface area contributed by atoms with Crippen LogP contribution in [0, 0.1) is 0 Å². The van der Waals surface area contributed by atoms with Crippen molar-refractivity contribution in [1.82, 2.24) is 10.2 Å². The number of amides is 1. The minimum absolute atomic E-state index is 0.269. The monoisotopic (exact) mass is 111 g/mol. The van der Waals surface area contributed by atoms with E-state index in [0.717, 1.165) is 0 Å². The molecule has 8 heavy (non-hydrogen) atoms. The number of hydrogen-bond donors (Lipinski definition) is 2. The van der Waals surface area contributed by atoms with E-state index in [1.165, 1.54) is 6.07 Å². The summed E-state index contributed by atoms with van der Waals surface area (Å²) < 4.78 is 0. The van der Waals surface area contributed by atoms with Gasteiger partial charge in [0.05, 0.1) is 0 Å². The molecule has 1 rings (SSSR count). The number of rotatable bonds is 1. The molecule has 0 unspecified atom stereocenters. The molecule has 4 nitrogen and oxygen atoms in total. The fourth-order valence-corrected chi connectivity index (χ4v) is 0.398. The lowest BCUT2D eigenvalue weighted by Gasteiger charge is -1.78. The number of nitrogens with two attached hydrogens (primary N) is 1. The molecule has 0 aliphatic carbocycles. The fourth-order valence-electron chi connectivity index (χ4n) is 0.398. The number of aromatic amines is 1. The maximum absolute atomic E-state index is 10.2. The minimum atomic E-state index is -0.508. The fraction of sp³-hybridized carbons (Fsp3) is 0. The van der Waals surface area contributed by atoms with Crippen LogP contribution in [0.15, 0.2) is 12.3 Å². The topological polar surface area (TPSA) is 71.8 Å². The van der Waals surface area contributed by atoms with Crippen LogP contribution < -0.4 is 5.73 Å². The predicted molar refractivity (Wildman–Crippen MR) is 27.1 cm³/mol. The van der Waals surface area contributed by atoms with Gasteiger partial charge < -0.3 is 5.73 Å². The number of nitrogens with zero attached hydrogens (tertiary/aromatic N) is 1. The molecule has 0 aliphatic rings. The zero-order valence-corrected chi connectivity index (χ0v) is 4.09. The van der Waals surface area contributed by atoms with E-state index in [0.29, 0.717) is 0 Å². The molecular weight excluding hydrogens is 106 g/mol. The van der Waals surface area contributed by atoms with Crippen molar-refractivity contribution in [2.45, 2.75) is 0 Å². The number of H-pyrrole nitrogens is 1. The van der Waals surface area contributed by atoms with Crippen LogP contribution in [0.3, 0.4) is 0 Å². The van der Waals surface area contributed by atoms with Gasteiger partial charge in [-0.15, -0.1) is 0 Å². The molecule has 0 aliphatic heterocycles. The van der Waals surface area contributed by atoms with Crippen LogP contribution in [0.1, 0.15) is 10.5 Å². The Morgan fingerprint density at radius 2 is 2.62 bits per heavy atom. The maximum atomic E-state index is 10.2. The summed E-state index contributed by atoms with van der Waals surface area (Å²) in [7, 11) is 0. The van der Waals surface area contributed by atoms with Crippen LogP contribution in [0.2, 0.25) is 0 Å².